The molecule has 0 radical (unpaired) electrons. The number of likely N-dealkylation sites (tertiary alicyclic amines) is 1. The average molecular weight is 782 g/mol. The van der Waals surface area contributed by atoms with Gasteiger partial charge in [-0.25, -0.2) is 9.59 Å². The Balaban J connectivity index is 0.977. The van der Waals surface area contributed by atoms with Crippen LogP contribution in [0.4, 0.5) is 23.7 Å². The van der Waals surface area contributed by atoms with Gasteiger partial charge in [0.25, 0.3) is 0 Å². The van der Waals surface area contributed by atoms with E-state index >= 15 is 0 Å². The number of urea groups is 1. The van der Waals surface area contributed by atoms with Crippen LogP contribution in [-0.2, 0) is 17.4 Å². The van der Waals surface area contributed by atoms with Crippen LogP contribution in [0.2, 0.25) is 5.02 Å². The first kappa shape index (κ1) is 37.6. The number of alkyl halides is 3. The lowest BCUT2D eigenvalue weighted by atomic mass is 9.95. The van der Waals surface area contributed by atoms with Crippen molar-refractivity contribution >= 4 is 51.2 Å². The molecule has 3 N–H and O–H groups in total. The second-order valence-electron chi connectivity index (χ2n) is 15.5. The Kier molecular flexibility index (Phi) is 10.2. The molecule has 0 saturated carbocycles. The zero-order valence-corrected chi connectivity index (χ0v) is 31.8. The number of imidazole rings is 1. The highest BCUT2D eigenvalue weighted by Crippen LogP contribution is 2.40. The van der Waals surface area contributed by atoms with Gasteiger partial charge in [-0.15, -0.1) is 0 Å². The number of aromatic nitrogens is 3. The molecule has 4 fully saturated rings. The molecular formula is C39H47ClF3N9O3. The third-order valence-corrected chi connectivity index (χ3v) is 12.8. The fourth-order valence-corrected chi connectivity index (χ4v) is 9.89. The zero-order chi connectivity index (χ0) is 38.6. The number of halogens is 4. The van der Waals surface area contributed by atoms with E-state index in [-0.39, 0.29) is 40.3 Å². The molecular weight excluding hydrogens is 735 g/mol. The largest absolute Gasteiger partial charge is 0.418 e. The fourth-order valence-electron chi connectivity index (χ4n) is 9.55. The van der Waals surface area contributed by atoms with Crippen LogP contribution in [0.25, 0.3) is 21.9 Å². The van der Waals surface area contributed by atoms with Crippen molar-refractivity contribution in [2.75, 3.05) is 58.7 Å². The van der Waals surface area contributed by atoms with E-state index in [1.807, 2.05) is 24.3 Å². The highest BCUT2D eigenvalue weighted by atomic mass is 35.5. The molecule has 6 heterocycles. The number of anilines is 1. The van der Waals surface area contributed by atoms with E-state index in [4.69, 9.17) is 11.6 Å². The second kappa shape index (κ2) is 15.0. The number of fused-ring (bicyclic) bond motifs is 5. The van der Waals surface area contributed by atoms with Gasteiger partial charge in [0.15, 0.2) is 0 Å². The number of nitrogens with one attached hydrogen (secondary N) is 3. The summed E-state index contributed by atoms with van der Waals surface area (Å²) in [6, 6.07) is 9.88. The molecule has 3 amide bonds. The maximum atomic E-state index is 14.3. The number of piperidine rings is 2. The molecule has 4 aromatic rings. The van der Waals surface area contributed by atoms with Crippen LogP contribution in [0, 0.1) is 0 Å². The van der Waals surface area contributed by atoms with Gasteiger partial charge in [0.2, 0.25) is 5.91 Å². The molecule has 2 aromatic carbocycles. The normalized spacial score (nSPS) is 23.4. The van der Waals surface area contributed by atoms with E-state index in [2.05, 4.69) is 37.4 Å². The van der Waals surface area contributed by atoms with E-state index < -0.39 is 23.8 Å². The number of pyridine rings is 1. The number of hydrogen-bond acceptors (Lipinski definition) is 7. The number of para-hydroxylation sites is 1. The van der Waals surface area contributed by atoms with Gasteiger partial charge in [-0.3, -0.25) is 19.2 Å². The Morgan fingerprint density at radius 1 is 0.945 bits per heavy atom. The molecule has 12 nitrogen and oxygen atoms in total. The van der Waals surface area contributed by atoms with Crippen molar-refractivity contribution in [2.24, 2.45) is 0 Å². The summed E-state index contributed by atoms with van der Waals surface area (Å²) < 4.78 is 44.1. The molecule has 2 unspecified atom stereocenters. The quantitative estimate of drug-likeness (QED) is 0.232. The van der Waals surface area contributed by atoms with Gasteiger partial charge in [0, 0.05) is 82.3 Å². The molecule has 16 heteroatoms. The summed E-state index contributed by atoms with van der Waals surface area (Å²) in [5.74, 6) is -0.334. The topological polar surface area (TPSA) is 122 Å². The Labute approximate surface area is 322 Å². The van der Waals surface area contributed by atoms with E-state index in [0.717, 1.165) is 29.8 Å². The maximum Gasteiger partial charge on any atom is 0.418 e. The second-order valence-corrected chi connectivity index (χ2v) is 16.0. The van der Waals surface area contributed by atoms with E-state index in [9.17, 15) is 27.6 Å². The third kappa shape index (κ3) is 7.26. The molecule has 4 aliphatic rings. The van der Waals surface area contributed by atoms with Crippen LogP contribution >= 0.6 is 11.6 Å². The highest BCUT2D eigenvalue weighted by molar-refractivity contribution is 6.33. The average Bonchev–Trinajstić information content (AvgIpc) is 3.60. The number of carbonyl (C=O) groups excluding carboxylic acids is 2. The van der Waals surface area contributed by atoms with Crippen molar-refractivity contribution in [3.05, 3.63) is 69.2 Å². The summed E-state index contributed by atoms with van der Waals surface area (Å²) in [5, 5.41) is 6.17. The van der Waals surface area contributed by atoms with Gasteiger partial charge < -0.3 is 30.3 Å². The summed E-state index contributed by atoms with van der Waals surface area (Å²) >= 11 is 6.34. The van der Waals surface area contributed by atoms with Crippen LogP contribution in [0.3, 0.4) is 0 Å². The first-order valence-corrected chi connectivity index (χ1v) is 19.6. The Morgan fingerprint density at radius 3 is 2.31 bits per heavy atom. The molecule has 3 atom stereocenters. The predicted molar refractivity (Wildman–Crippen MR) is 205 cm³/mol. The van der Waals surface area contributed by atoms with E-state index in [1.165, 1.54) is 26.0 Å². The lowest BCUT2D eigenvalue weighted by molar-refractivity contribution is -0.137. The molecule has 8 rings (SSSR count). The molecule has 55 heavy (non-hydrogen) atoms. The van der Waals surface area contributed by atoms with Gasteiger partial charge in [-0.05, 0) is 69.3 Å². The molecule has 294 valence electrons. The first-order chi connectivity index (χ1) is 26.4. The number of rotatable bonds is 7. The number of benzene rings is 2. The number of nitrogens with zero attached hydrogens (tertiary/aromatic N) is 6. The molecule has 0 spiro atoms. The summed E-state index contributed by atoms with van der Waals surface area (Å²) in [7, 11) is 3.59. The van der Waals surface area contributed by atoms with Gasteiger partial charge in [-0.2, -0.15) is 13.2 Å². The van der Waals surface area contributed by atoms with Gasteiger partial charge in [0.1, 0.15) is 6.04 Å². The Hall–Kier alpha value is -4.34. The van der Waals surface area contributed by atoms with Crippen molar-refractivity contribution in [2.45, 2.75) is 81.3 Å². The lowest BCUT2D eigenvalue weighted by Gasteiger charge is -2.45. The van der Waals surface area contributed by atoms with Gasteiger partial charge >= 0.3 is 17.9 Å². The van der Waals surface area contributed by atoms with Crippen LogP contribution in [-0.4, -0.2) is 124 Å². The molecule has 0 aliphatic carbocycles. The van der Waals surface area contributed by atoms with E-state index in [0.29, 0.717) is 81.3 Å². The Bertz CT molecular complexity index is 2130. The third-order valence-electron chi connectivity index (χ3n) is 12.5. The zero-order valence-electron chi connectivity index (χ0n) is 31.0. The van der Waals surface area contributed by atoms with Gasteiger partial charge in [-0.1, -0.05) is 29.8 Å². The highest BCUT2D eigenvalue weighted by Gasteiger charge is 2.42. The summed E-state index contributed by atoms with van der Waals surface area (Å²) in [5.41, 5.74) is 0.951. The fraction of sp³-hybridized carbons (Fsp3) is 0.538. The summed E-state index contributed by atoms with van der Waals surface area (Å²) in [6.07, 6.45) is 2.49. The van der Waals surface area contributed by atoms with E-state index in [1.54, 1.807) is 20.6 Å². The number of amides is 3. The number of carbonyl (C=O) groups is 2. The lowest BCUT2D eigenvalue weighted by Crippen LogP contribution is -2.59. The number of aromatic amines is 1. The van der Waals surface area contributed by atoms with Crippen LogP contribution in [0.15, 0.2) is 47.4 Å². The Morgan fingerprint density at radius 2 is 1.64 bits per heavy atom. The smallest absolute Gasteiger partial charge is 0.386 e. The minimum absolute atomic E-state index is 0.122. The standard InChI is InChI=1S/C39H47ClF3N9O3/c1-44-35-29(39(41,42)43)17-23(18-30(35)40)19-32(36(53)50-15-13-49(14-16-50)27-20-25-7-8-26(21-27)48(25)2)46-37(54)51-11-9-24(10-12-51)52-33-22-45-31-6-4-3-5-28(31)34(33)47-38(52)55/h3-6,17-18,22,24-27,32,44H,7-16,19-21H2,1-2H3,(H,46,54)(H,47,55)/t25?,26?,27?,32-/m1/s1. The molecule has 4 aliphatic heterocycles. The number of hydrogen-bond donors (Lipinski definition) is 3. The minimum atomic E-state index is -4.69. The van der Waals surface area contributed by atoms with Crippen molar-refractivity contribution in [3.63, 3.8) is 0 Å². The number of piperazine rings is 1. The van der Waals surface area contributed by atoms with Crippen LogP contribution in [0.5, 0.6) is 0 Å². The molecule has 4 saturated heterocycles. The monoisotopic (exact) mass is 781 g/mol. The summed E-state index contributed by atoms with van der Waals surface area (Å²) in [4.78, 5) is 57.2. The molecule has 2 bridgehead atoms. The maximum absolute atomic E-state index is 14.3. The van der Waals surface area contributed by atoms with Crippen molar-refractivity contribution in [1.82, 2.24) is 39.5 Å². The predicted octanol–water partition coefficient (Wildman–Crippen LogP) is 5.32. The van der Waals surface area contributed by atoms with Crippen molar-refractivity contribution in [3.8, 4) is 0 Å². The van der Waals surface area contributed by atoms with Gasteiger partial charge in [0.05, 0.1) is 39.0 Å². The van der Waals surface area contributed by atoms with Crippen LogP contribution < -0.4 is 16.3 Å². The number of H-pyrrole nitrogens is 1. The minimum Gasteiger partial charge on any atom is -0.386 e. The first-order valence-electron chi connectivity index (χ1n) is 19.2. The SMILES string of the molecule is CNc1c(Cl)cc(C[C@@H](NC(=O)N2CCC(n3c(=O)[nH]c4c5ccccc5ncc43)CC2)C(=O)N2CCN(C3CC4CCC(C3)N4C)CC2)cc1C(F)(F)F. The van der Waals surface area contributed by atoms with Crippen molar-refractivity contribution < 1.29 is 22.8 Å². The van der Waals surface area contributed by atoms with Crippen LogP contribution in [0.1, 0.15) is 55.7 Å². The van der Waals surface area contributed by atoms with Crippen molar-refractivity contribution in [1.29, 1.82) is 0 Å². The summed E-state index contributed by atoms with van der Waals surface area (Å²) in [6.45, 7) is 2.97. The molecule has 2 aromatic heterocycles.